The van der Waals surface area contributed by atoms with Gasteiger partial charge in [-0.25, -0.2) is 8.42 Å². The van der Waals surface area contributed by atoms with Crippen LogP contribution in [0.4, 0.5) is 0 Å². The highest BCUT2D eigenvalue weighted by Crippen LogP contribution is 2.31. The average molecular weight is 286 g/mol. The summed E-state index contributed by atoms with van der Waals surface area (Å²) >= 11 is 0. The van der Waals surface area contributed by atoms with Crippen LogP contribution in [0.25, 0.3) is 0 Å². The lowest BCUT2D eigenvalue weighted by molar-refractivity contribution is -0.135. The highest BCUT2D eigenvalue weighted by molar-refractivity contribution is 7.91. The molecular formula is C13H22N2O3S. The molecule has 108 valence electrons. The summed E-state index contributed by atoms with van der Waals surface area (Å²) in [5.41, 5.74) is 0. The number of rotatable bonds is 4. The van der Waals surface area contributed by atoms with Crippen LogP contribution >= 0.6 is 0 Å². The van der Waals surface area contributed by atoms with Gasteiger partial charge in [-0.1, -0.05) is 0 Å². The molecule has 0 spiro atoms. The summed E-state index contributed by atoms with van der Waals surface area (Å²) in [6, 6.07) is 0.778. The Morgan fingerprint density at radius 2 is 2.00 bits per heavy atom. The van der Waals surface area contributed by atoms with Crippen molar-refractivity contribution in [3.63, 3.8) is 0 Å². The molecule has 0 aromatic rings. The van der Waals surface area contributed by atoms with E-state index in [9.17, 15) is 13.2 Å². The Morgan fingerprint density at radius 1 is 1.21 bits per heavy atom. The van der Waals surface area contributed by atoms with Crippen LogP contribution < -0.4 is 5.32 Å². The van der Waals surface area contributed by atoms with Crippen LogP contribution in [0.15, 0.2) is 0 Å². The summed E-state index contributed by atoms with van der Waals surface area (Å²) in [6.45, 7) is 1.80. The third-order valence-electron chi connectivity index (χ3n) is 4.43. The molecule has 6 heteroatoms. The summed E-state index contributed by atoms with van der Waals surface area (Å²) in [7, 11) is -2.97. The highest BCUT2D eigenvalue weighted by atomic mass is 32.2. The molecular weight excluding hydrogens is 264 g/mol. The maximum Gasteiger partial charge on any atom is 0.227 e. The van der Waals surface area contributed by atoms with Gasteiger partial charge in [-0.2, -0.15) is 0 Å². The Kier molecular flexibility index (Phi) is 3.55. The molecule has 1 aliphatic carbocycles. The molecule has 5 nitrogen and oxygen atoms in total. The van der Waals surface area contributed by atoms with E-state index in [4.69, 9.17) is 0 Å². The van der Waals surface area contributed by atoms with Crippen LogP contribution in [0.2, 0.25) is 0 Å². The minimum Gasteiger partial charge on any atom is -0.338 e. The fourth-order valence-electron chi connectivity index (χ4n) is 3.18. The lowest BCUT2D eigenvalue weighted by Gasteiger charge is -2.28. The summed E-state index contributed by atoms with van der Waals surface area (Å²) in [5, 5.41) is 3.42. The summed E-state index contributed by atoms with van der Waals surface area (Å²) in [6.07, 6.45) is 4.98. The van der Waals surface area contributed by atoms with Crippen molar-refractivity contribution in [2.45, 2.75) is 44.2 Å². The van der Waals surface area contributed by atoms with E-state index >= 15 is 0 Å². The normalized spacial score (nSPS) is 33.5. The number of sulfone groups is 1. The van der Waals surface area contributed by atoms with Crippen LogP contribution in [0.3, 0.4) is 0 Å². The first-order chi connectivity index (χ1) is 9.05. The van der Waals surface area contributed by atoms with Crippen molar-refractivity contribution in [2.24, 2.45) is 5.92 Å². The van der Waals surface area contributed by atoms with Crippen molar-refractivity contribution in [1.29, 1.82) is 0 Å². The lowest BCUT2D eigenvalue weighted by Crippen LogP contribution is -2.45. The van der Waals surface area contributed by atoms with Gasteiger partial charge in [-0.05, 0) is 38.6 Å². The predicted octanol–water partition coefficient (Wildman–Crippen LogP) is 0.164. The number of nitrogens with zero attached hydrogens (tertiary/aromatic N) is 1. The molecule has 2 unspecified atom stereocenters. The third kappa shape index (κ3) is 3.11. The van der Waals surface area contributed by atoms with E-state index in [0.717, 1.165) is 32.4 Å². The average Bonchev–Trinajstić information content (AvgIpc) is 2.94. The zero-order chi connectivity index (χ0) is 13.5. The molecule has 1 N–H and O–H groups in total. The molecule has 19 heavy (non-hydrogen) atoms. The number of carbonyl (C=O) groups is 1. The third-order valence-corrected chi connectivity index (χ3v) is 6.20. The van der Waals surface area contributed by atoms with E-state index in [1.165, 1.54) is 6.42 Å². The first kappa shape index (κ1) is 13.4. The second-order valence-corrected chi connectivity index (χ2v) is 8.34. The van der Waals surface area contributed by atoms with Crippen molar-refractivity contribution in [2.75, 3.05) is 24.6 Å². The largest absolute Gasteiger partial charge is 0.338 e. The Morgan fingerprint density at radius 3 is 2.53 bits per heavy atom. The van der Waals surface area contributed by atoms with Gasteiger partial charge in [0.15, 0.2) is 9.84 Å². The van der Waals surface area contributed by atoms with Gasteiger partial charge in [0.25, 0.3) is 0 Å². The fraction of sp³-hybridized carbons (Fsp3) is 0.923. The number of amides is 1. The van der Waals surface area contributed by atoms with E-state index < -0.39 is 9.84 Å². The van der Waals surface area contributed by atoms with Crippen molar-refractivity contribution >= 4 is 15.7 Å². The first-order valence-electron chi connectivity index (χ1n) is 7.29. The van der Waals surface area contributed by atoms with E-state index in [2.05, 4.69) is 5.32 Å². The molecule has 3 aliphatic rings. The molecule has 0 aromatic carbocycles. The zero-order valence-corrected chi connectivity index (χ0v) is 12.0. The van der Waals surface area contributed by atoms with Crippen molar-refractivity contribution < 1.29 is 13.2 Å². The summed E-state index contributed by atoms with van der Waals surface area (Å²) < 4.78 is 23.0. The summed E-state index contributed by atoms with van der Waals surface area (Å²) in [4.78, 5) is 14.5. The lowest BCUT2D eigenvalue weighted by atomic mass is 10.1. The van der Waals surface area contributed by atoms with Crippen LogP contribution in [-0.4, -0.2) is 55.9 Å². The molecule has 3 rings (SSSR count). The Hall–Kier alpha value is -0.620. The number of nitrogens with one attached hydrogen (secondary N) is 1. The van der Waals surface area contributed by atoms with E-state index in [1.54, 1.807) is 0 Å². The molecule has 2 saturated heterocycles. The molecule has 2 aliphatic heterocycles. The second kappa shape index (κ2) is 5.05. The minimum absolute atomic E-state index is 0.0626. The molecule has 2 heterocycles. The Balaban J connectivity index is 1.64. The predicted molar refractivity (Wildman–Crippen MR) is 72.5 cm³/mol. The molecule has 0 aromatic heterocycles. The van der Waals surface area contributed by atoms with Crippen LogP contribution in [0.1, 0.15) is 32.1 Å². The molecule has 1 amide bonds. The van der Waals surface area contributed by atoms with Crippen LogP contribution in [0.5, 0.6) is 0 Å². The van der Waals surface area contributed by atoms with Gasteiger partial charge in [0.05, 0.1) is 17.4 Å². The van der Waals surface area contributed by atoms with Crippen molar-refractivity contribution in [3.05, 3.63) is 0 Å². The smallest absolute Gasteiger partial charge is 0.227 e. The van der Waals surface area contributed by atoms with Gasteiger partial charge >= 0.3 is 0 Å². The number of carbonyl (C=O) groups excluding carboxylic acids is 1. The molecule has 2 atom stereocenters. The van der Waals surface area contributed by atoms with Crippen LogP contribution in [0, 0.1) is 5.92 Å². The molecule has 0 radical (unpaired) electrons. The fourth-order valence-corrected chi connectivity index (χ4v) is 4.91. The highest BCUT2D eigenvalue weighted by Gasteiger charge is 2.41. The number of hydrogen-bond acceptors (Lipinski definition) is 4. The van der Waals surface area contributed by atoms with Gasteiger partial charge in [-0.3, -0.25) is 4.79 Å². The van der Waals surface area contributed by atoms with Crippen LogP contribution in [-0.2, 0) is 14.6 Å². The van der Waals surface area contributed by atoms with Gasteiger partial charge in [0.2, 0.25) is 5.91 Å². The zero-order valence-electron chi connectivity index (χ0n) is 11.2. The monoisotopic (exact) mass is 286 g/mol. The topological polar surface area (TPSA) is 66.5 Å². The van der Waals surface area contributed by atoms with E-state index in [-0.39, 0.29) is 23.3 Å². The molecule has 3 fully saturated rings. The Bertz CT molecular complexity index is 453. The molecule has 0 bridgehead atoms. The maximum atomic E-state index is 12.5. The van der Waals surface area contributed by atoms with E-state index in [1.807, 2.05) is 4.90 Å². The number of hydrogen-bond donors (Lipinski definition) is 1. The molecule has 1 saturated carbocycles. The minimum atomic E-state index is -2.97. The SMILES string of the molecule is O=C(C1CCS(=O)(=O)C1)N(CC1CCCN1)C1CC1. The van der Waals surface area contributed by atoms with Gasteiger partial charge < -0.3 is 10.2 Å². The maximum absolute atomic E-state index is 12.5. The van der Waals surface area contributed by atoms with Gasteiger partial charge in [0.1, 0.15) is 0 Å². The van der Waals surface area contributed by atoms with Gasteiger partial charge in [0, 0.05) is 18.6 Å². The van der Waals surface area contributed by atoms with E-state index in [0.29, 0.717) is 18.5 Å². The summed E-state index contributed by atoms with van der Waals surface area (Å²) in [5.74, 6) is 0.0424. The Labute approximate surface area is 114 Å². The van der Waals surface area contributed by atoms with Gasteiger partial charge in [-0.15, -0.1) is 0 Å². The quantitative estimate of drug-likeness (QED) is 0.800. The van der Waals surface area contributed by atoms with Crippen molar-refractivity contribution in [3.8, 4) is 0 Å². The standard InChI is InChI=1S/C13H22N2O3S/c16-13(10-5-7-19(17,18)9-10)15(12-3-4-12)8-11-2-1-6-14-11/h10-12,14H,1-9H2. The second-order valence-electron chi connectivity index (χ2n) is 6.12. The first-order valence-corrected chi connectivity index (χ1v) is 9.11. The van der Waals surface area contributed by atoms with Crippen molar-refractivity contribution in [1.82, 2.24) is 10.2 Å².